The Bertz CT molecular complexity index is 526. The number of carbonyl (C=O) groups is 1. The molecule has 94 valence electrons. The summed E-state index contributed by atoms with van der Waals surface area (Å²) in [5, 5.41) is 0. The average Bonchev–Trinajstić information content (AvgIpc) is 2.15. The topological polar surface area (TPSA) is 115 Å². The molecule has 1 aromatic rings. The van der Waals surface area contributed by atoms with E-state index in [1.54, 1.807) is 12.1 Å². The number of nitrogen functional groups attached to an aromatic ring is 1. The predicted octanol–water partition coefficient (Wildman–Crippen LogP) is -0.269. The molecule has 0 saturated heterocycles. The van der Waals surface area contributed by atoms with Crippen molar-refractivity contribution in [2.75, 3.05) is 12.3 Å². The molecule has 1 amide bonds. The predicted molar refractivity (Wildman–Crippen MR) is 64.6 cm³/mol. The SMILES string of the molecule is Cc1ccc(S(=O)(=O)NCCC(N)=O)c(N)c1. The lowest BCUT2D eigenvalue weighted by atomic mass is 10.2. The van der Waals surface area contributed by atoms with Crippen LogP contribution in [0.1, 0.15) is 12.0 Å². The standard InChI is InChI=1S/C10H15N3O3S/c1-7-2-3-9(8(11)6-7)17(15,16)13-5-4-10(12)14/h2-3,6,13H,4-5,11H2,1H3,(H2,12,14). The minimum absolute atomic E-state index is 0.00701. The second-order valence-corrected chi connectivity index (χ2v) is 5.39. The summed E-state index contributed by atoms with van der Waals surface area (Å²) in [5.41, 5.74) is 11.6. The summed E-state index contributed by atoms with van der Waals surface area (Å²) >= 11 is 0. The van der Waals surface area contributed by atoms with Gasteiger partial charge in [0.1, 0.15) is 4.90 Å². The molecule has 0 atom stereocenters. The van der Waals surface area contributed by atoms with Gasteiger partial charge in [0.15, 0.2) is 0 Å². The molecule has 0 aliphatic carbocycles. The van der Waals surface area contributed by atoms with E-state index in [1.165, 1.54) is 6.07 Å². The number of primary amides is 1. The molecule has 0 bridgehead atoms. The molecule has 0 aliphatic rings. The first-order chi connectivity index (χ1) is 7.83. The summed E-state index contributed by atoms with van der Waals surface area (Å²) in [5.74, 6) is -0.565. The molecule has 0 radical (unpaired) electrons. The summed E-state index contributed by atoms with van der Waals surface area (Å²) < 4.78 is 25.9. The Balaban J connectivity index is 2.86. The summed E-state index contributed by atoms with van der Waals surface area (Å²) in [4.78, 5) is 10.5. The van der Waals surface area contributed by atoms with Gasteiger partial charge in [0, 0.05) is 13.0 Å². The minimum atomic E-state index is -3.69. The maximum atomic E-state index is 11.8. The van der Waals surface area contributed by atoms with Crippen molar-refractivity contribution in [1.29, 1.82) is 0 Å². The Kier molecular flexibility index (Phi) is 4.08. The number of carbonyl (C=O) groups excluding carboxylic acids is 1. The molecule has 1 rings (SSSR count). The lowest BCUT2D eigenvalue weighted by Gasteiger charge is -2.08. The first kappa shape index (κ1) is 13.5. The van der Waals surface area contributed by atoms with Crippen molar-refractivity contribution < 1.29 is 13.2 Å². The molecule has 0 saturated carbocycles. The van der Waals surface area contributed by atoms with Crippen molar-refractivity contribution in [3.05, 3.63) is 23.8 Å². The molecule has 0 fully saturated rings. The van der Waals surface area contributed by atoms with Gasteiger partial charge in [-0.2, -0.15) is 0 Å². The highest BCUT2D eigenvalue weighted by atomic mass is 32.2. The molecular formula is C10H15N3O3S. The van der Waals surface area contributed by atoms with E-state index in [4.69, 9.17) is 11.5 Å². The van der Waals surface area contributed by atoms with E-state index in [2.05, 4.69) is 4.72 Å². The zero-order valence-electron chi connectivity index (χ0n) is 9.43. The number of hydrogen-bond acceptors (Lipinski definition) is 4. The fourth-order valence-corrected chi connectivity index (χ4v) is 2.44. The Morgan fingerprint density at radius 1 is 1.41 bits per heavy atom. The Hall–Kier alpha value is -1.60. The van der Waals surface area contributed by atoms with Gasteiger partial charge in [0.05, 0.1) is 5.69 Å². The second-order valence-electron chi connectivity index (χ2n) is 3.66. The third-order valence-corrected chi connectivity index (χ3v) is 3.65. The third kappa shape index (κ3) is 3.72. The second kappa shape index (κ2) is 5.15. The van der Waals surface area contributed by atoms with Crippen LogP contribution in [0.2, 0.25) is 0 Å². The third-order valence-electron chi connectivity index (χ3n) is 2.12. The van der Waals surface area contributed by atoms with Gasteiger partial charge in [-0.1, -0.05) is 6.07 Å². The van der Waals surface area contributed by atoms with E-state index >= 15 is 0 Å². The quantitative estimate of drug-likeness (QED) is 0.630. The lowest BCUT2D eigenvalue weighted by molar-refractivity contribution is -0.117. The Morgan fingerprint density at radius 3 is 2.59 bits per heavy atom. The fourth-order valence-electron chi connectivity index (χ4n) is 1.30. The van der Waals surface area contributed by atoms with Gasteiger partial charge in [0.25, 0.3) is 0 Å². The molecule has 0 unspecified atom stereocenters. The number of anilines is 1. The van der Waals surface area contributed by atoms with Crippen LogP contribution >= 0.6 is 0 Å². The number of amides is 1. The molecule has 0 aliphatic heterocycles. The smallest absolute Gasteiger partial charge is 0.242 e. The van der Waals surface area contributed by atoms with Gasteiger partial charge in [-0.05, 0) is 24.6 Å². The zero-order valence-corrected chi connectivity index (χ0v) is 10.3. The minimum Gasteiger partial charge on any atom is -0.398 e. The highest BCUT2D eigenvalue weighted by molar-refractivity contribution is 7.89. The highest BCUT2D eigenvalue weighted by Gasteiger charge is 2.16. The molecule has 17 heavy (non-hydrogen) atoms. The average molecular weight is 257 g/mol. The van der Waals surface area contributed by atoms with Crippen molar-refractivity contribution in [2.24, 2.45) is 5.73 Å². The van der Waals surface area contributed by atoms with Crippen LogP contribution in [0.25, 0.3) is 0 Å². The van der Waals surface area contributed by atoms with Crippen molar-refractivity contribution in [1.82, 2.24) is 4.72 Å². The fraction of sp³-hybridized carbons (Fsp3) is 0.300. The van der Waals surface area contributed by atoms with E-state index in [0.717, 1.165) is 5.56 Å². The summed E-state index contributed by atoms with van der Waals surface area (Å²) in [6.07, 6.45) is -0.0506. The van der Waals surface area contributed by atoms with Gasteiger partial charge in [-0.15, -0.1) is 0 Å². The Labute approximate surface area is 100 Å². The van der Waals surface area contributed by atoms with Gasteiger partial charge in [0.2, 0.25) is 15.9 Å². The van der Waals surface area contributed by atoms with Gasteiger partial charge >= 0.3 is 0 Å². The maximum absolute atomic E-state index is 11.8. The number of benzene rings is 1. The first-order valence-corrected chi connectivity index (χ1v) is 6.45. The maximum Gasteiger partial charge on any atom is 0.242 e. The molecular weight excluding hydrogens is 242 g/mol. The van der Waals surface area contributed by atoms with Gasteiger partial charge < -0.3 is 11.5 Å². The number of rotatable bonds is 5. The van der Waals surface area contributed by atoms with Crippen LogP contribution in [-0.2, 0) is 14.8 Å². The number of sulfonamides is 1. The Morgan fingerprint density at radius 2 is 2.06 bits per heavy atom. The van der Waals surface area contributed by atoms with E-state index in [-0.39, 0.29) is 23.5 Å². The number of nitrogens with two attached hydrogens (primary N) is 2. The number of hydrogen-bond donors (Lipinski definition) is 3. The van der Waals surface area contributed by atoms with Crippen LogP contribution in [-0.4, -0.2) is 20.9 Å². The summed E-state index contributed by atoms with van der Waals surface area (Å²) in [6.45, 7) is 1.78. The first-order valence-electron chi connectivity index (χ1n) is 4.97. The van der Waals surface area contributed by atoms with E-state index in [0.29, 0.717) is 0 Å². The van der Waals surface area contributed by atoms with Crippen LogP contribution in [0.3, 0.4) is 0 Å². The van der Waals surface area contributed by atoms with E-state index in [1.807, 2.05) is 6.92 Å². The summed E-state index contributed by atoms with van der Waals surface area (Å²) in [7, 11) is -3.69. The zero-order chi connectivity index (χ0) is 13.1. The summed E-state index contributed by atoms with van der Waals surface area (Å²) in [6, 6.07) is 4.65. The van der Waals surface area contributed by atoms with Crippen molar-refractivity contribution in [3.63, 3.8) is 0 Å². The van der Waals surface area contributed by atoms with Crippen LogP contribution in [0.15, 0.2) is 23.1 Å². The number of aryl methyl sites for hydroxylation is 1. The van der Waals surface area contributed by atoms with Crippen molar-refractivity contribution in [3.8, 4) is 0 Å². The van der Waals surface area contributed by atoms with Crippen LogP contribution in [0.5, 0.6) is 0 Å². The van der Waals surface area contributed by atoms with E-state index in [9.17, 15) is 13.2 Å². The van der Waals surface area contributed by atoms with Gasteiger partial charge in [-0.3, -0.25) is 4.79 Å². The number of nitrogens with one attached hydrogen (secondary N) is 1. The molecule has 0 spiro atoms. The largest absolute Gasteiger partial charge is 0.398 e. The molecule has 0 aromatic heterocycles. The highest BCUT2D eigenvalue weighted by Crippen LogP contribution is 2.18. The van der Waals surface area contributed by atoms with Crippen LogP contribution in [0.4, 0.5) is 5.69 Å². The van der Waals surface area contributed by atoms with Crippen LogP contribution < -0.4 is 16.2 Å². The van der Waals surface area contributed by atoms with E-state index < -0.39 is 15.9 Å². The molecule has 1 aromatic carbocycles. The lowest BCUT2D eigenvalue weighted by Crippen LogP contribution is -2.28. The molecule has 7 heteroatoms. The van der Waals surface area contributed by atoms with Crippen molar-refractivity contribution >= 4 is 21.6 Å². The molecule has 5 N–H and O–H groups in total. The van der Waals surface area contributed by atoms with Crippen LogP contribution in [0, 0.1) is 6.92 Å². The monoisotopic (exact) mass is 257 g/mol. The normalized spacial score (nSPS) is 11.4. The van der Waals surface area contributed by atoms with Crippen molar-refractivity contribution in [2.45, 2.75) is 18.2 Å². The van der Waals surface area contributed by atoms with Gasteiger partial charge in [-0.25, -0.2) is 13.1 Å². The molecule has 0 heterocycles. The molecule has 6 nitrogen and oxygen atoms in total.